The van der Waals surface area contributed by atoms with E-state index in [1.807, 2.05) is 26.0 Å². The van der Waals surface area contributed by atoms with E-state index in [9.17, 15) is 4.79 Å². The lowest BCUT2D eigenvalue weighted by molar-refractivity contribution is -0.123. The largest absolute Gasteiger partial charge is 0.470 e. The minimum Gasteiger partial charge on any atom is -0.470 e. The molecule has 2 aromatic heterocycles. The third kappa shape index (κ3) is 4.30. The Balaban J connectivity index is 1.61. The van der Waals surface area contributed by atoms with Crippen LogP contribution in [-0.4, -0.2) is 41.2 Å². The number of carbonyl (C=O) groups excluding carboxylic acids is 1. The Kier molecular flexibility index (Phi) is 5.42. The summed E-state index contributed by atoms with van der Waals surface area (Å²) in [7, 11) is 0. The molecule has 0 radical (unpaired) electrons. The van der Waals surface area contributed by atoms with Gasteiger partial charge >= 0.3 is 0 Å². The standard InChI is InChI=1S/C17H21N3O3S/c1-11-15(24-12(2)19-11)9-16(21)20-13-6-8-22-10-14(13)23-17-5-3-4-7-18-17/h3-5,7,13-14H,6,8-10H2,1-2H3,(H,20,21)/t13-,14-/m1/s1. The van der Waals surface area contributed by atoms with Gasteiger partial charge in [-0.05, 0) is 26.3 Å². The summed E-state index contributed by atoms with van der Waals surface area (Å²) in [6.07, 6.45) is 2.53. The van der Waals surface area contributed by atoms with Crippen molar-refractivity contribution in [2.24, 2.45) is 0 Å². The molecule has 1 N–H and O–H groups in total. The molecular weight excluding hydrogens is 326 g/mol. The first-order valence-electron chi connectivity index (χ1n) is 7.99. The van der Waals surface area contributed by atoms with Crippen molar-refractivity contribution in [3.8, 4) is 5.88 Å². The fourth-order valence-corrected chi connectivity index (χ4v) is 3.64. The molecule has 1 saturated heterocycles. The van der Waals surface area contributed by atoms with Crippen LogP contribution in [0.15, 0.2) is 24.4 Å². The van der Waals surface area contributed by atoms with Gasteiger partial charge in [0.05, 0.1) is 29.8 Å². The number of thiazole rings is 1. The van der Waals surface area contributed by atoms with Crippen molar-refractivity contribution in [1.82, 2.24) is 15.3 Å². The average Bonchev–Trinajstić information content (AvgIpc) is 2.87. The van der Waals surface area contributed by atoms with Crippen LogP contribution in [0.1, 0.15) is 22.0 Å². The van der Waals surface area contributed by atoms with Crippen molar-refractivity contribution in [1.29, 1.82) is 0 Å². The van der Waals surface area contributed by atoms with Gasteiger partial charge < -0.3 is 14.8 Å². The molecule has 24 heavy (non-hydrogen) atoms. The molecule has 0 unspecified atom stereocenters. The highest BCUT2D eigenvalue weighted by Crippen LogP contribution is 2.19. The Morgan fingerprint density at radius 2 is 2.33 bits per heavy atom. The molecule has 2 aromatic rings. The first kappa shape index (κ1) is 16.9. The van der Waals surface area contributed by atoms with E-state index in [0.29, 0.717) is 25.5 Å². The molecule has 3 heterocycles. The second kappa shape index (κ2) is 7.72. The van der Waals surface area contributed by atoms with Crippen molar-refractivity contribution in [3.63, 3.8) is 0 Å². The lowest BCUT2D eigenvalue weighted by atomic mass is 10.1. The maximum atomic E-state index is 12.4. The molecule has 6 nitrogen and oxygen atoms in total. The van der Waals surface area contributed by atoms with Crippen molar-refractivity contribution < 1.29 is 14.3 Å². The van der Waals surface area contributed by atoms with Crippen LogP contribution in [0.4, 0.5) is 0 Å². The van der Waals surface area contributed by atoms with Gasteiger partial charge in [-0.3, -0.25) is 4.79 Å². The summed E-state index contributed by atoms with van der Waals surface area (Å²) in [4.78, 5) is 21.9. The van der Waals surface area contributed by atoms with Crippen molar-refractivity contribution in [2.75, 3.05) is 13.2 Å². The molecular formula is C17H21N3O3S. The summed E-state index contributed by atoms with van der Waals surface area (Å²) in [6, 6.07) is 5.43. The second-order valence-corrected chi connectivity index (χ2v) is 7.07. The van der Waals surface area contributed by atoms with Crippen molar-refractivity contribution in [2.45, 2.75) is 38.8 Å². The number of carbonyl (C=O) groups is 1. The van der Waals surface area contributed by atoms with Crippen LogP contribution >= 0.6 is 11.3 Å². The molecule has 1 aliphatic heterocycles. The first-order valence-corrected chi connectivity index (χ1v) is 8.81. The number of hydrogen-bond donors (Lipinski definition) is 1. The van der Waals surface area contributed by atoms with Gasteiger partial charge in [-0.2, -0.15) is 0 Å². The van der Waals surface area contributed by atoms with Gasteiger partial charge in [-0.25, -0.2) is 9.97 Å². The zero-order chi connectivity index (χ0) is 16.9. The monoisotopic (exact) mass is 347 g/mol. The normalized spacial score (nSPS) is 20.6. The Labute approximate surface area is 145 Å². The number of ether oxygens (including phenoxy) is 2. The summed E-state index contributed by atoms with van der Waals surface area (Å²) < 4.78 is 11.4. The fraction of sp³-hybridized carbons (Fsp3) is 0.471. The van der Waals surface area contributed by atoms with Gasteiger partial charge in [-0.1, -0.05) is 6.07 Å². The SMILES string of the molecule is Cc1nc(C)c(CC(=O)N[C@@H]2CCOC[C@H]2Oc2ccccn2)s1. The third-order valence-corrected chi connectivity index (χ3v) is 4.95. The molecule has 0 aromatic carbocycles. The van der Waals surface area contributed by atoms with Crippen molar-refractivity contribution in [3.05, 3.63) is 40.0 Å². The molecule has 1 amide bonds. The van der Waals surface area contributed by atoms with E-state index in [2.05, 4.69) is 15.3 Å². The number of rotatable bonds is 5. The molecule has 7 heteroatoms. The number of aryl methyl sites for hydroxylation is 2. The molecule has 128 valence electrons. The zero-order valence-electron chi connectivity index (χ0n) is 13.8. The average molecular weight is 347 g/mol. The van der Waals surface area contributed by atoms with Crippen LogP contribution in [0.3, 0.4) is 0 Å². The summed E-state index contributed by atoms with van der Waals surface area (Å²) in [5, 5.41) is 4.07. The molecule has 3 rings (SSSR count). The quantitative estimate of drug-likeness (QED) is 0.896. The van der Waals surface area contributed by atoms with Gasteiger partial charge in [-0.15, -0.1) is 11.3 Å². The van der Waals surface area contributed by atoms with Gasteiger partial charge in [0.1, 0.15) is 6.10 Å². The number of amides is 1. The minimum atomic E-state index is -0.234. The van der Waals surface area contributed by atoms with Crippen LogP contribution in [0.5, 0.6) is 5.88 Å². The molecule has 2 atom stereocenters. The Bertz CT molecular complexity index is 690. The van der Waals surface area contributed by atoms with Crippen LogP contribution in [0.25, 0.3) is 0 Å². The van der Waals surface area contributed by atoms with E-state index >= 15 is 0 Å². The Morgan fingerprint density at radius 1 is 1.46 bits per heavy atom. The van der Waals surface area contributed by atoms with E-state index in [-0.39, 0.29) is 18.1 Å². The molecule has 1 fully saturated rings. The van der Waals surface area contributed by atoms with Gasteiger partial charge in [0.15, 0.2) is 0 Å². The summed E-state index contributed by atoms with van der Waals surface area (Å²) in [5.74, 6) is 0.532. The predicted octanol–water partition coefficient (Wildman–Crippen LogP) is 2.05. The third-order valence-electron chi connectivity index (χ3n) is 3.88. The highest BCUT2D eigenvalue weighted by Gasteiger charge is 2.29. The molecule has 0 bridgehead atoms. The first-order chi connectivity index (χ1) is 11.6. The summed E-state index contributed by atoms with van der Waals surface area (Å²) in [5.41, 5.74) is 0.931. The number of hydrogen-bond acceptors (Lipinski definition) is 6. The van der Waals surface area contributed by atoms with Crippen LogP contribution in [-0.2, 0) is 16.0 Å². The predicted molar refractivity (Wildman–Crippen MR) is 91.3 cm³/mol. The van der Waals surface area contributed by atoms with E-state index in [1.165, 1.54) is 0 Å². The summed E-state index contributed by atoms with van der Waals surface area (Å²) in [6.45, 7) is 4.95. The maximum absolute atomic E-state index is 12.4. The molecule has 0 aliphatic carbocycles. The maximum Gasteiger partial charge on any atom is 0.225 e. The van der Waals surface area contributed by atoms with E-state index in [0.717, 1.165) is 22.0 Å². The Hall–Kier alpha value is -1.99. The number of pyridine rings is 1. The fourth-order valence-electron chi connectivity index (χ4n) is 2.71. The summed E-state index contributed by atoms with van der Waals surface area (Å²) >= 11 is 1.57. The van der Waals surface area contributed by atoms with Gasteiger partial charge in [0, 0.05) is 23.7 Å². The number of nitrogens with zero attached hydrogens (tertiary/aromatic N) is 2. The van der Waals surface area contributed by atoms with Crippen LogP contribution in [0, 0.1) is 13.8 Å². The Morgan fingerprint density at radius 3 is 3.04 bits per heavy atom. The zero-order valence-corrected chi connectivity index (χ0v) is 14.6. The van der Waals surface area contributed by atoms with E-state index < -0.39 is 0 Å². The second-order valence-electron chi connectivity index (χ2n) is 5.78. The smallest absolute Gasteiger partial charge is 0.225 e. The highest BCUT2D eigenvalue weighted by atomic mass is 32.1. The van der Waals surface area contributed by atoms with Crippen LogP contribution < -0.4 is 10.1 Å². The van der Waals surface area contributed by atoms with Gasteiger partial charge in [0.25, 0.3) is 0 Å². The van der Waals surface area contributed by atoms with Gasteiger partial charge in [0.2, 0.25) is 11.8 Å². The van der Waals surface area contributed by atoms with Crippen LogP contribution in [0.2, 0.25) is 0 Å². The molecule has 0 saturated carbocycles. The lowest BCUT2D eigenvalue weighted by Gasteiger charge is -2.32. The topological polar surface area (TPSA) is 73.3 Å². The highest BCUT2D eigenvalue weighted by molar-refractivity contribution is 7.11. The van der Waals surface area contributed by atoms with Crippen molar-refractivity contribution >= 4 is 17.2 Å². The lowest BCUT2D eigenvalue weighted by Crippen LogP contribution is -2.51. The van der Waals surface area contributed by atoms with E-state index in [1.54, 1.807) is 23.6 Å². The van der Waals surface area contributed by atoms with E-state index in [4.69, 9.17) is 9.47 Å². The molecule has 0 spiro atoms. The number of nitrogens with one attached hydrogen (secondary N) is 1. The minimum absolute atomic E-state index is 0.0109. The molecule has 1 aliphatic rings. The number of aromatic nitrogens is 2.